The lowest BCUT2D eigenvalue weighted by molar-refractivity contribution is -0.118. The van der Waals surface area contributed by atoms with Crippen LogP contribution in [0.5, 0.6) is 5.75 Å². The van der Waals surface area contributed by atoms with E-state index in [4.69, 9.17) is 14.9 Å². The molecule has 1 saturated heterocycles. The van der Waals surface area contributed by atoms with Crippen LogP contribution in [0.3, 0.4) is 0 Å². The Labute approximate surface area is 177 Å². The van der Waals surface area contributed by atoms with Crippen molar-refractivity contribution in [2.45, 2.75) is 6.92 Å². The number of hydrogen-bond donors (Lipinski definition) is 3. The van der Waals surface area contributed by atoms with E-state index in [1.165, 1.54) is 0 Å². The van der Waals surface area contributed by atoms with E-state index in [2.05, 4.69) is 10.6 Å². The number of nitrogens with one attached hydrogen (secondary N) is 3. The molecular formula is C21H19N3O5S. The third kappa shape index (κ3) is 5.71. The number of rotatable bonds is 7. The van der Waals surface area contributed by atoms with Crippen molar-refractivity contribution in [3.05, 3.63) is 64.6 Å². The number of carbonyl (C=O) groups excluding carboxylic acids is 3. The van der Waals surface area contributed by atoms with Gasteiger partial charge in [-0.2, -0.15) is 0 Å². The molecule has 30 heavy (non-hydrogen) atoms. The van der Waals surface area contributed by atoms with E-state index in [1.807, 2.05) is 0 Å². The summed E-state index contributed by atoms with van der Waals surface area (Å²) in [5.74, 6) is -0.552. The minimum atomic E-state index is -0.414. The lowest BCUT2D eigenvalue weighted by Crippen LogP contribution is -2.20. The third-order valence-electron chi connectivity index (χ3n) is 3.89. The van der Waals surface area contributed by atoms with Gasteiger partial charge in [-0.3, -0.25) is 15.0 Å². The van der Waals surface area contributed by atoms with E-state index in [0.717, 1.165) is 17.3 Å². The first-order chi connectivity index (χ1) is 14.4. The molecule has 8 nitrogen and oxygen atoms in total. The first kappa shape index (κ1) is 21.1. The second-order valence-electron chi connectivity index (χ2n) is 6.10. The molecule has 0 aliphatic carbocycles. The molecule has 154 valence electrons. The number of hydrogen-bond acceptors (Lipinski definition) is 7. The van der Waals surface area contributed by atoms with Crippen LogP contribution in [0.4, 0.5) is 5.69 Å². The molecule has 1 aliphatic rings. The standard InChI is InChI=1S/C21H19N3O5S/c1-2-28-20(27)14-5-7-15(8-6-14)23-18(25)12-29-16-9-3-13(4-10-16)11-17-19(26)24-21(22)30-17/h3-11H,2,12H2,1H3,(H,23,25)(H2,22,24,26)/b17-11-. The zero-order valence-corrected chi connectivity index (χ0v) is 16.9. The molecule has 0 atom stereocenters. The molecule has 2 aromatic rings. The van der Waals surface area contributed by atoms with E-state index in [0.29, 0.717) is 28.5 Å². The number of anilines is 1. The Morgan fingerprint density at radius 1 is 1.13 bits per heavy atom. The maximum absolute atomic E-state index is 12.1. The van der Waals surface area contributed by atoms with Gasteiger partial charge < -0.3 is 20.1 Å². The second-order valence-corrected chi connectivity index (χ2v) is 7.15. The van der Waals surface area contributed by atoms with Crippen LogP contribution in [-0.2, 0) is 14.3 Å². The average molecular weight is 425 g/mol. The average Bonchev–Trinajstić information content (AvgIpc) is 3.05. The maximum Gasteiger partial charge on any atom is 0.338 e. The van der Waals surface area contributed by atoms with Gasteiger partial charge in [0.15, 0.2) is 11.8 Å². The van der Waals surface area contributed by atoms with Crippen molar-refractivity contribution in [1.29, 1.82) is 5.41 Å². The fourth-order valence-electron chi connectivity index (χ4n) is 2.50. The Morgan fingerprint density at radius 2 is 1.83 bits per heavy atom. The van der Waals surface area contributed by atoms with Crippen LogP contribution in [0.25, 0.3) is 6.08 Å². The number of amides is 2. The summed E-state index contributed by atoms with van der Waals surface area (Å²) in [6.07, 6.45) is 1.68. The molecule has 2 aromatic carbocycles. The largest absolute Gasteiger partial charge is 0.484 e. The summed E-state index contributed by atoms with van der Waals surface area (Å²) in [5, 5.41) is 12.6. The minimum Gasteiger partial charge on any atom is -0.484 e. The molecule has 9 heteroatoms. The normalized spacial score (nSPS) is 14.4. The van der Waals surface area contributed by atoms with Gasteiger partial charge in [-0.25, -0.2) is 4.79 Å². The van der Waals surface area contributed by atoms with E-state index in [-0.39, 0.29) is 23.6 Å². The summed E-state index contributed by atoms with van der Waals surface area (Å²) >= 11 is 1.07. The minimum absolute atomic E-state index is 0.104. The van der Waals surface area contributed by atoms with Crippen LogP contribution >= 0.6 is 11.8 Å². The van der Waals surface area contributed by atoms with Gasteiger partial charge in [-0.1, -0.05) is 12.1 Å². The van der Waals surface area contributed by atoms with Crippen LogP contribution in [0.15, 0.2) is 53.4 Å². The summed E-state index contributed by atoms with van der Waals surface area (Å²) in [5.41, 5.74) is 1.73. The van der Waals surface area contributed by atoms with Crippen molar-refractivity contribution >= 4 is 46.5 Å². The van der Waals surface area contributed by atoms with Gasteiger partial charge in [0.1, 0.15) is 5.75 Å². The molecule has 0 radical (unpaired) electrons. The number of amidine groups is 1. The number of thioether (sulfide) groups is 1. The van der Waals surface area contributed by atoms with Crippen LogP contribution in [0.2, 0.25) is 0 Å². The molecule has 2 amide bonds. The fraction of sp³-hybridized carbons (Fsp3) is 0.143. The monoisotopic (exact) mass is 425 g/mol. The fourth-order valence-corrected chi connectivity index (χ4v) is 3.21. The van der Waals surface area contributed by atoms with Crippen molar-refractivity contribution < 1.29 is 23.9 Å². The Morgan fingerprint density at radius 3 is 2.43 bits per heavy atom. The SMILES string of the molecule is CCOC(=O)c1ccc(NC(=O)COc2ccc(/C=C3\SC(=N)NC3=O)cc2)cc1. The van der Waals surface area contributed by atoms with Gasteiger partial charge in [0, 0.05) is 5.69 Å². The van der Waals surface area contributed by atoms with Crippen LogP contribution in [-0.4, -0.2) is 36.2 Å². The maximum atomic E-state index is 12.1. The van der Waals surface area contributed by atoms with Crippen molar-refractivity contribution in [2.75, 3.05) is 18.5 Å². The molecule has 1 aliphatic heterocycles. The highest BCUT2D eigenvalue weighted by molar-refractivity contribution is 8.18. The number of carbonyl (C=O) groups is 3. The van der Waals surface area contributed by atoms with Gasteiger partial charge in [0.25, 0.3) is 11.8 Å². The van der Waals surface area contributed by atoms with Gasteiger partial charge >= 0.3 is 5.97 Å². The highest BCUT2D eigenvalue weighted by Crippen LogP contribution is 2.25. The Bertz CT molecular complexity index is 1000. The Balaban J connectivity index is 1.50. The molecule has 3 N–H and O–H groups in total. The first-order valence-corrected chi connectivity index (χ1v) is 9.85. The van der Waals surface area contributed by atoms with E-state index < -0.39 is 5.97 Å². The predicted molar refractivity (Wildman–Crippen MR) is 114 cm³/mol. The molecule has 0 spiro atoms. The molecule has 0 bridgehead atoms. The first-order valence-electron chi connectivity index (χ1n) is 9.04. The summed E-state index contributed by atoms with van der Waals surface area (Å²) < 4.78 is 10.4. The highest BCUT2D eigenvalue weighted by atomic mass is 32.2. The highest BCUT2D eigenvalue weighted by Gasteiger charge is 2.22. The van der Waals surface area contributed by atoms with Gasteiger partial charge in [0.05, 0.1) is 17.1 Å². The van der Waals surface area contributed by atoms with Crippen molar-refractivity contribution in [1.82, 2.24) is 5.32 Å². The lowest BCUT2D eigenvalue weighted by Gasteiger charge is -2.08. The number of ether oxygens (including phenoxy) is 2. The van der Waals surface area contributed by atoms with Crippen LogP contribution < -0.4 is 15.4 Å². The molecule has 0 aromatic heterocycles. The quantitative estimate of drug-likeness (QED) is 0.464. The third-order valence-corrected chi connectivity index (χ3v) is 4.72. The zero-order valence-electron chi connectivity index (χ0n) is 16.1. The van der Waals surface area contributed by atoms with E-state index >= 15 is 0 Å². The van der Waals surface area contributed by atoms with Gasteiger partial charge in [-0.05, 0) is 66.7 Å². The van der Waals surface area contributed by atoms with Crippen LogP contribution in [0.1, 0.15) is 22.8 Å². The van der Waals surface area contributed by atoms with E-state index in [1.54, 1.807) is 61.5 Å². The Kier molecular flexibility index (Phi) is 6.87. The van der Waals surface area contributed by atoms with Crippen molar-refractivity contribution in [2.24, 2.45) is 0 Å². The topological polar surface area (TPSA) is 118 Å². The lowest BCUT2D eigenvalue weighted by atomic mass is 10.2. The summed E-state index contributed by atoms with van der Waals surface area (Å²) in [7, 11) is 0. The predicted octanol–water partition coefficient (Wildman–Crippen LogP) is 3.02. The molecular weight excluding hydrogens is 406 g/mol. The van der Waals surface area contributed by atoms with Gasteiger partial charge in [-0.15, -0.1) is 0 Å². The molecule has 0 unspecified atom stereocenters. The zero-order chi connectivity index (χ0) is 21.5. The van der Waals surface area contributed by atoms with Crippen molar-refractivity contribution in [3.63, 3.8) is 0 Å². The molecule has 3 rings (SSSR count). The molecule has 0 saturated carbocycles. The summed E-state index contributed by atoms with van der Waals surface area (Å²) in [6, 6.07) is 13.3. The summed E-state index contributed by atoms with van der Waals surface area (Å²) in [6.45, 7) is 1.85. The number of benzene rings is 2. The van der Waals surface area contributed by atoms with Crippen molar-refractivity contribution in [3.8, 4) is 5.75 Å². The molecule has 1 heterocycles. The number of esters is 1. The van der Waals surface area contributed by atoms with Crippen LogP contribution in [0, 0.1) is 5.41 Å². The smallest absolute Gasteiger partial charge is 0.338 e. The Hall–Kier alpha value is -3.59. The van der Waals surface area contributed by atoms with Gasteiger partial charge in [0.2, 0.25) is 0 Å². The van der Waals surface area contributed by atoms with E-state index in [9.17, 15) is 14.4 Å². The molecule has 1 fully saturated rings. The summed E-state index contributed by atoms with van der Waals surface area (Å²) in [4.78, 5) is 35.8. The second kappa shape index (κ2) is 9.75.